The number of halogens is 2. The summed E-state index contributed by atoms with van der Waals surface area (Å²) < 4.78 is 27.1. The quantitative estimate of drug-likeness (QED) is 0.824. The second kappa shape index (κ2) is 5.36. The van der Waals surface area contributed by atoms with E-state index in [4.69, 9.17) is 5.73 Å². The summed E-state index contributed by atoms with van der Waals surface area (Å²) in [6.45, 7) is 5.22. The Kier molecular flexibility index (Phi) is 4.34. The average Bonchev–Trinajstić information content (AvgIpc) is 2.24. The smallest absolute Gasteiger partial charge is 0.170 e. The van der Waals surface area contributed by atoms with Gasteiger partial charge in [0.1, 0.15) is 11.6 Å². The Morgan fingerprint density at radius 2 is 1.94 bits per heavy atom. The number of Topliss-reactive ketones (excluding diaryl/α,β-unsaturated/α-hetero) is 1. The molecule has 1 atom stereocenters. The molecule has 1 aromatic carbocycles. The van der Waals surface area contributed by atoms with Crippen LogP contribution in [0.1, 0.15) is 36.2 Å². The minimum atomic E-state index is -0.825. The number of benzene rings is 1. The van der Waals surface area contributed by atoms with Gasteiger partial charge in [0.25, 0.3) is 0 Å². The van der Waals surface area contributed by atoms with E-state index in [-0.39, 0.29) is 23.9 Å². The van der Waals surface area contributed by atoms with Crippen LogP contribution in [0.2, 0.25) is 0 Å². The van der Waals surface area contributed by atoms with Crippen molar-refractivity contribution in [3.05, 3.63) is 34.9 Å². The predicted molar refractivity (Wildman–Crippen MR) is 62.9 cm³/mol. The van der Waals surface area contributed by atoms with E-state index in [1.54, 1.807) is 0 Å². The molecule has 0 spiro atoms. The maximum Gasteiger partial charge on any atom is 0.170 e. The van der Waals surface area contributed by atoms with Gasteiger partial charge in [-0.15, -0.1) is 0 Å². The monoisotopic (exact) mass is 241 g/mol. The highest BCUT2D eigenvalue weighted by atomic mass is 19.1. The SMILES string of the molecule is Cc1ccc(F)c(C(=O)CC(N)C(C)C)c1F. The van der Waals surface area contributed by atoms with Crippen molar-refractivity contribution in [2.24, 2.45) is 11.7 Å². The Hall–Kier alpha value is -1.29. The van der Waals surface area contributed by atoms with Crippen molar-refractivity contribution < 1.29 is 13.6 Å². The molecule has 0 bridgehead atoms. The number of rotatable bonds is 4. The predicted octanol–water partition coefficient (Wildman–Crippen LogP) is 2.83. The molecule has 0 saturated carbocycles. The molecule has 4 heteroatoms. The van der Waals surface area contributed by atoms with Crippen molar-refractivity contribution in [2.45, 2.75) is 33.2 Å². The van der Waals surface area contributed by atoms with Crippen molar-refractivity contribution >= 4 is 5.78 Å². The Balaban J connectivity index is 3.01. The topological polar surface area (TPSA) is 43.1 Å². The summed E-state index contributed by atoms with van der Waals surface area (Å²) in [5, 5.41) is 0. The van der Waals surface area contributed by atoms with Gasteiger partial charge < -0.3 is 5.73 Å². The van der Waals surface area contributed by atoms with E-state index in [1.807, 2.05) is 13.8 Å². The Bertz CT molecular complexity index is 430. The fraction of sp³-hybridized carbons (Fsp3) is 0.462. The third kappa shape index (κ3) is 3.09. The van der Waals surface area contributed by atoms with Gasteiger partial charge >= 0.3 is 0 Å². The van der Waals surface area contributed by atoms with Crippen molar-refractivity contribution in [1.29, 1.82) is 0 Å². The number of hydrogen-bond donors (Lipinski definition) is 1. The molecular formula is C13H17F2NO. The van der Waals surface area contributed by atoms with Gasteiger partial charge in [0.2, 0.25) is 0 Å². The molecule has 0 heterocycles. The number of carbonyl (C=O) groups excluding carboxylic acids is 1. The summed E-state index contributed by atoms with van der Waals surface area (Å²) in [4.78, 5) is 11.8. The largest absolute Gasteiger partial charge is 0.327 e. The van der Waals surface area contributed by atoms with Crippen LogP contribution in [0.4, 0.5) is 8.78 Å². The average molecular weight is 241 g/mol. The molecule has 1 aromatic rings. The van der Waals surface area contributed by atoms with Crippen LogP contribution in [0.15, 0.2) is 12.1 Å². The summed E-state index contributed by atoms with van der Waals surface area (Å²) in [5.41, 5.74) is 5.51. The second-order valence-electron chi connectivity index (χ2n) is 4.59. The maximum absolute atomic E-state index is 13.7. The first-order valence-corrected chi connectivity index (χ1v) is 5.58. The van der Waals surface area contributed by atoms with Gasteiger partial charge in [-0.05, 0) is 24.5 Å². The number of carbonyl (C=O) groups is 1. The fourth-order valence-corrected chi connectivity index (χ4v) is 1.46. The summed E-state index contributed by atoms with van der Waals surface area (Å²) in [6.07, 6.45) is -0.0467. The first-order valence-electron chi connectivity index (χ1n) is 5.58. The highest BCUT2D eigenvalue weighted by Crippen LogP contribution is 2.19. The normalized spacial score (nSPS) is 12.9. The zero-order valence-corrected chi connectivity index (χ0v) is 10.3. The van der Waals surface area contributed by atoms with Crippen LogP contribution in [0, 0.1) is 24.5 Å². The highest BCUT2D eigenvalue weighted by Gasteiger charge is 2.22. The Labute approximate surface area is 99.8 Å². The van der Waals surface area contributed by atoms with Crippen LogP contribution in [0.25, 0.3) is 0 Å². The summed E-state index contributed by atoms with van der Waals surface area (Å²) in [5.74, 6) is -2.10. The third-order valence-electron chi connectivity index (χ3n) is 2.84. The summed E-state index contributed by atoms with van der Waals surface area (Å²) in [7, 11) is 0. The molecule has 0 radical (unpaired) electrons. The van der Waals surface area contributed by atoms with Crippen molar-refractivity contribution in [2.75, 3.05) is 0 Å². The van der Waals surface area contributed by atoms with Gasteiger partial charge in [0.05, 0.1) is 5.56 Å². The van der Waals surface area contributed by atoms with Gasteiger partial charge in [0.15, 0.2) is 5.78 Å². The molecule has 2 N–H and O–H groups in total. The highest BCUT2D eigenvalue weighted by molar-refractivity contribution is 5.97. The van der Waals surface area contributed by atoms with Crippen molar-refractivity contribution in [3.63, 3.8) is 0 Å². The van der Waals surface area contributed by atoms with Gasteiger partial charge in [-0.1, -0.05) is 19.9 Å². The van der Waals surface area contributed by atoms with Crippen LogP contribution >= 0.6 is 0 Å². The molecule has 94 valence electrons. The molecule has 0 aromatic heterocycles. The molecule has 1 rings (SSSR count). The summed E-state index contributed by atoms with van der Waals surface area (Å²) >= 11 is 0. The van der Waals surface area contributed by atoms with Crippen molar-refractivity contribution in [3.8, 4) is 0 Å². The Morgan fingerprint density at radius 3 is 2.47 bits per heavy atom. The van der Waals surface area contributed by atoms with Gasteiger partial charge in [0, 0.05) is 12.5 Å². The molecule has 0 aliphatic heterocycles. The summed E-state index contributed by atoms with van der Waals surface area (Å²) in [6, 6.07) is 2.03. The van der Waals surface area contributed by atoms with E-state index in [0.717, 1.165) is 6.07 Å². The number of hydrogen-bond acceptors (Lipinski definition) is 2. The van der Waals surface area contributed by atoms with Crippen LogP contribution in [0.3, 0.4) is 0 Å². The van der Waals surface area contributed by atoms with Crippen LogP contribution < -0.4 is 5.73 Å². The van der Waals surface area contributed by atoms with E-state index >= 15 is 0 Å². The van der Waals surface area contributed by atoms with Crippen LogP contribution in [-0.4, -0.2) is 11.8 Å². The molecular weight excluding hydrogens is 224 g/mol. The second-order valence-corrected chi connectivity index (χ2v) is 4.59. The molecule has 2 nitrogen and oxygen atoms in total. The van der Waals surface area contributed by atoms with Crippen molar-refractivity contribution in [1.82, 2.24) is 0 Å². The lowest BCUT2D eigenvalue weighted by atomic mass is 9.95. The Morgan fingerprint density at radius 1 is 1.35 bits per heavy atom. The molecule has 1 unspecified atom stereocenters. The molecule has 0 aliphatic carbocycles. The number of nitrogens with two attached hydrogens (primary N) is 1. The van der Waals surface area contributed by atoms with Crippen LogP contribution in [0.5, 0.6) is 0 Å². The molecule has 0 amide bonds. The minimum absolute atomic E-state index is 0.0467. The number of ketones is 1. The minimum Gasteiger partial charge on any atom is -0.327 e. The maximum atomic E-state index is 13.7. The van der Waals surface area contributed by atoms with E-state index in [0.29, 0.717) is 0 Å². The van der Waals surface area contributed by atoms with E-state index in [9.17, 15) is 13.6 Å². The van der Waals surface area contributed by atoms with Crippen LogP contribution in [-0.2, 0) is 0 Å². The first kappa shape index (κ1) is 13.8. The third-order valence-corrected chi connectivity index (χ3v) is 2.84. The van der Waals surface area contributed by atoms with E-state index in [1.165, 1.54) is 13.0 Å². The molecule has 0 aliphatic rings. The zero-order valence-electron chi connectivity index (χ0n) is 10.3. The van der Waals surface area contributed by atoms with Gasteiger partial charge in [-0.2, -0.15) is 0 Å². The molecule has 0 saturated heterocycles. The van der Waals surface area contributed by atoms with Gasteiger partial charge in [-0.3, -0.25) is 4.79 Å². The van der Waals surface area contributed by atoms with E-state index < -0.39 is 23.0 Å². The lowest BCUT2D eigenvalue weighted by Crippen LogP contribution is -2.30. The standard InChI is InChI=1S/C13H17F2NO/c1-7(2)10(16)6-11(17)12-9(14)5-4-8(3)13(12)15/h4-5,7,10H,6,16H2,1-3H3. The molecule has 0 fully saturated rings. The lowest BCUT2D eigenvalue weighted by Gasteiger charge is -2.15. The first-order chi connectivity index (χ1) is 7.84. The van der Waals surface area contributed by atoms with Gasteiger partial charge in [-0.25, -0.2) is 8.78 Å². The fourth-order valence-electron chi connectivity index (χ4n) is 1.46. The zero-order chi connectivity index (χ0) is 13.2. The van der Waals surface area contributed by atoms with E-state index in [2.05, 4.69) is 0 Å². The number of aryl methyl sites for hydroxylation is 1. The molecule has 17 heavy (non-hydrogen) atoms. The lowest BCUT2D eigenvalue weighted by molar-refractivity contribution is 0.0959.